The minimum absolute atomic E-state index is 0.204. The van der Waals surface area contributed by atoms with E-state index in [9.17, 15) is 8.78 Å². The Labute approximate surface area is 98.7 Å². The quantitative estimate of drug-likeness (QED) is 0.570. The molecular weight excluding hydrogens is 230 g/mol. The van der Waals surface area contributed by atoms with E-state index in [2.05, 4.69) is 5.32 Å². The molecule has 0 fully saturated rings. The van der Waals surface area contributed by atoms with Crippen LogP contribution in [0.15, 0.2) is 18.2 Å². The minimum atomic E-state index is -2.43. The number of nitrogen functional groups attached to an aromatic ring is 1. The van der Waals surface area contributed by atoms with Gasteiger partial charge in [-0.3, -0.25) is 0 Å². The fourth-order valence-electron chi connectivity index (χ4n) is 1.26. The summed E-state index contributed by atoms with van der Waals surface area (Å²) in [7, 11) is 1.56. The molecule has 1 rings (SSSR count). The lowest BCUT2D eigenvalue weighted by atomic mass is 10.2. The second kappa shape index (κ2) is 6.90. The summed E-state index contributed by atoms with van der Waals surface area (Å²) in [5.74, 6) is 0.669. The van der Waals surface area contributed by atoms with Crippen molar-refractivity contribution in [3.8, 4) is 5.75 Å². The van der Waals surface area contributed by atoms with Crippen LogP contribution in [-0.4, -0.2) is 33.3 Å². The zero-order chi connectivity index (χ0) is 12.7. The number of hydrogen-bond donors (Lipinski definition) is 2. The summed E-state index contributed by atoms with van der Waals surface area (Å²) in [6.45, 7) is 0.0822. The molecule has 0 saturated carbocycles. The van der Waals surface area contributed by atoms with Crippen LogP contribution in [0.2, 0.25) is 0 Å². The van der Waals surface area contributed by atoms with Gasteiger partial charge in [0.2, 0.25) is 0 Å². The second-order valence-electron chi connectivity index (χ2n) is 3.35. The van der Waals surface area contributed by atoms with Gasteiger partial charge in [-0.2, -0.15) is 0 Å². The number of methoxy groups -OCH3 is 1. The number of benzene rings is 1. The zero-order valence-electron chi connectivity index (χ0n) is 9.58. The van der Waals surface area contributed by atoms with Gasteiger partial charge in [0.25, 0.3) is 6.43 Å². The third-order valence-corrected chi connectivity index (χ3v) is 2.06. The lowest BCUT2D eigenvalue weighted by molar-refractivity contribution is 0.0215. The lowest BCUT2D eigenvalue weighted by Crippen LogP contribution is -2.13. The van der Waals surface area contributed by atoms with Gasteiger partial charge in [0.05, 0.1) is 25.1 Å². The van der Waals surface area contributed by atoms with Gasteiger partial charge in [0, 0.05) is 12.6 Å². The van der Waals surface area contributed by atoms with Crippen LogP contribution < -0.4 is 15.8 Å². The van der Waals surface area contributed by atoms with Gasteiger partial charge in [-0.05, 0) is 12.1 Å². The van der Waals surface area contributed by atoms with Crippen LogP contribution in [0.4, 0.5) is 20.2 Å². The average molecular weight is 246 g/mol. The topological polar surface area (TPSA) is 56.5 Å². The number of nitrogens with two attached hydrogens (primary N) is 1. The average Bonchev–Trinajstić information content (AvgIpc) is 2.30. The molecule has 0 aliphatic rings. The molecule has 3 N–H and O–H groups in total. The number of halogens is 2. The van der Waals surface area contributed by atoms with Crippen LogP contribution in [0.5, 0.6) is 5.75 Å². The summed E-state index contributed by atoms with van der Waals surface area (Å²) in [6.07, 6.45) is -2.43. The van der Waals surface area contributed by atoms with Crippen molar-refractivity contribution in [2.75, 3.05) is 37.9 Å². The molecule has 0 amide bonds. The molecule has 0 saturated heterocycles. The van der Waals surface area contributed by atoms with E-state index in [1.807, 2.05) is 0 Å². The first-order chi connectivity index (χ1) is 8.13. The van der Waals surface area contributed by atoms with Crippen LogP contribution in [0.1, 0.15) is 0 Å². The Morgan fingerprint density at radius 3 is 2.76 bits per heavy atom. The molecule has 0 atom stereocenters. The van der Waals surface area contributed by atoms with Crippen LogP contribution in [0.25, 0.3) is 0 Å². The van der Waals surface area contributed by atoms with Gasteiger partial charge < -0.3 is 20.5 Å². The standard InChI is InChI=1S/C11H16F2N2O2/c1-16-8-2-3-10(9(14)6-8)15-4-5-17-7-11(12)13/h2-3,6,11,15H,4-5,7,14H2,1H3. The molecule has 4 nitrogen and oxygen atoms in total. The van der Waals surface area contributed by atoms with Gasteiger partial charge >= 0.3 is 0 Å². The first-order valence-corrected chi connectivity index (χ1v) is 5.16. The highest BCUT2D eigenvalue weighted by Gasteiger charge is 2.02. The minimum Gasteiger partial charge on any atom is -0.497 e. The number of rotatable bonds is 7. The van der Waals surface area contributed by atoms with E-state index in [-0.39, 0.29) is 6.61 Å². The van der Waals surface area contributed by atoms with E-state index in [1.165, 1.54) is 0 Å². The normalized spacial score (nSPS) is 10.6. The summed E-state index contributed by atoms with van der Waals surface area (Å²) in [6, 6.07) is 5.21. The lowest BCUT2D eigenvalue weighted by Gasteiger charge is -2.10. The van der Waals surface area contributed by atoms with Gasteiger partial charge in [-0.1, -0.05) is 0 Å². The molecule has 6 heteroatoms. The number of alkyl halides is 2. The monoisotopic (exact) mass is 246 g/mol. The van der Waals surface area contributed by atoms with Crippen molar-refractivity contribution >= 4 is 11.4 Å². The Kier molecular flexibility index (Phi) is 5.48. The predicted octanol–water partition coefficient (Wildman–Crippen LogP) is 1.97. The fourth-order valence-corrected chi connectivity index (χ4v) is 1.26. The Morgan fingerprint density at radius 1 is 1.41 bits per heavy atom. The molecule has 17 heavy (non-hydrogen) atoms. The molecular formula is C11H16F2N2O2. The van der Waals surface area contributed by atoms with E-state index >= 15 is 0 Å². The van der Waals surface area contributed by atoms with Crippen molar-refractivity contribution < 1.29 is 18.3 Å². The van der Waals surface area contributed by atoms with E-state index in [0.717, 1.165) is 5.69 Å². The van der Waals surface area contributed by atoms with Crippen LogP contribution >= 0.6 is 0 Å². The zero-order valence-corrected chi connectivity index (χ0v) is 9.58. The van der Waals surface area contributed by atoms with Gasteiger partial charge in [0.1, 0.15) is 12.4 Å². The van der Waals surface area contributed by atoms with Crippen LogP contribution in [0.3, 0.4) is 0 Å². The first-order valence-electron chi connectivity index (χ1n) is 5.16. The van der Waals surface area contributed by atoms with Gasteiger partial charge in [-0.25, -0.2) is 8.78 Å². The van der Waals surface area contributed by atoms with E-state index < -0.39 is 13.0 Å². The number of anilines is 2. The van der Waals surface area contributed by atoms with Crippen molar-refractivity contribution in [2.24, 2.45) is 0 Å². The molecule has 0 unspecified atom stereocenters. The molecule has 0 heterocycles. The Morgan fingerprint density at radius 2 is 2.18 bits per heavy atom. The molecule has 0 bridgehead atoms. The molecule has 0 aromatic heterocycles. The Bertz CT molecular complexity index is 348. The number of nitrogens with one attached hydrogen (secondary N) is 1. The van der Waals surface area contributed by atoms with Crippen LogP contribution in [-0.2, 0) is 4.74 Å². The third kappa shape index (κ3) is 4.86. The maximum atomic E-state index is 11.8. The highest BCUT2D eigenvalue weighted by molar-refractivity contribution is 5.68. The molecule has 1 aromatic carbocycles. The Balaban J connectivity index is 2.32. The number of hydrogen-bond acceptors (Lipinski definition) is 4. The van der Waals surface area contributed by atoms with Crippen molar-refractivity contribution in [1.82, 2.24) is 0 Å². The summed E-state index contributed by atoms with van der Waals surface area (Å²) in [4.78, 5) is 0. The van der Waals surface area contributed by atoms with Crippen molar-refractivity contribution in [2.45, 2.75) is 6.43 Å². The van der Waals surface area contributed by atoms with E-state index in [1.54, 1.807) is 25.3 Å². The molecule has 1 aromatic rings. The highest BCUT2D eigenvalue weighted by atomic mass is 19.3. The largest absolute Gasteiger partial charge is 0.497 e. The van der Waals surface area contributed by atoms with Crippen molar-refractivity contribution in [3.63, 3.8) is 0 Å². The summed E-state index contributed by atoms with van der Waals surface area (Å²) in [5, 5.41) is 2.99. The fraction of sp³-hybridized carbons (Fsp3) is 0.455. The van der Waals surface area contributed by atoms with E-state index in [4.69, 9.17) is 15.2 Å². The SMILES string of the molecule is COc1ccc(NCCOCC(F)F)c(N)c1. The molecule has 0 spiro atoms. The maximum Gasteiger partial charge on any atom is 0.261 e. The van der Waals surface area contributed by atoms with Gasteiger partial charge in [-0.15, -0.1) is 0 Å². The highest BCUT2D eigenvalue weighted by Crippen LogP contribution is 2.23. The molecule has 96 valence electrons. The molecule has 0 aliphatic carbocycles. The second-order valence-corrected chi connectivity index (χ2v) is 3.35. The Hall–Kier alpha value is -1.56. The summed E-state index contributed by atoms with van der Waals surface area (Å²) >= 11 is 0. The maximum absolute atomic E-state index is 11.8. The smallest absolute Gasteiger partial charge is 0.261 e. The first kappa shape index (κ1) is 13.5. The molecule has 0 radical (unpaired) electrons. The van der Waals surface area contributed by atoms with Crippen molar-refractivity contribution in [3.05, 3.63) is 18.2 Å². The summed E-state index contributed by atoms with van der Waals surface area (Å²) < 4.78 is 33.2. The number of ether oxygens (including phenoxy) is 2. The van der Waals surface area contributed by atoms with Crippen LogP contribution in [0, 0.1) is 0 Å². The summed E-state index contributed by atoms with van der Waals surface area (Å²) in [5.41, 5.74) is 7.02. The van der Waals surface area contributed by atoms with Gasteiger partial charge in [0.15, 0.2) is 0 Å². The third-order valence-electron chi connectivity index (χ3n) is 2.06. The predicted molar refractivity (Wildman–Crippen MR) is 62.7 cm³/mol. The molecule has 0 aliphatic heterocycles. The van der Waals surface area contributed by atoms with E-state index in [0.29, 0.717) is 18.0 Å². The van der Waals surface area contributed by atoms with Crippen molar-refractivity contribution in [1.29, 1.82) is 0 Å².